The highest BCUT2D eigenvalue weighted by atomic mass is 127. The summed E-state index contributed by atoms with van der Waals surface area (Å²) >= 11 is 0. The Kier molecular flexibility index (Phi) is 11.0. The molecule has 1 saturated heterocycles. The van der Waals surface area contributed by atoms with E-state index in [-0.39, 0.29) is 29.9 Å². The van der Waals surface area contributed by atoms with Gasteiger partial charge in [0.05, 0.1) is 0 Å². The van der Waals surface area contributed by atoms with Crippen LogP contribution in [0.4, 0.5) is 0 Å². The number of guanidine groups is 1. The van der Waals surface area contributed by atoms with E-state index in [1.54, 1.807) is 6.92 Å². The van der Waals surface area contributed by atoms with E-state index >= 15 is 0 Å². The fraction of sp³-hybridized carbons (Fsp3) is 0.900. The maximum atomic E-state index is 11.4. The molecule has 1 aliphatic carbocycles. The van der Waals surface area contributed by atoms with Crippen LogP contribution in [0.3, 0.4) is 0 Å². The van der Waals surface area contributed by atoms with Crippen molar-refractivity contribution in [2.24, 2.45) is 16.3 Å². The van der Waals surface area contributed by atoms with E-state index in [1.165, 1.54) is 25.7 Å². The van der Waals surface area contributed by atoms with Gasteiger partial charge < -0.3 is 15.5 Å². The van der Waals surface area contributed by atoms with Crippen molar-refractivity contribution in [2.45, 2.75) is 53.4 Å². The molecule has 0 radical (unpaired) electrons. The van der Waals surface area contributed by atoms with Gasteiger partial charge in [-0.3, -0.25) is 14.7 Å². The Morgan fingerprint density at radius 2 is 1.81 bits per heavy atom. The summed E-state index contributed by atoms with van der Waals surface area (Å²) in [7, 11) is 0. The Balaban J connectivity index is 0.00000364. The second-order valence-corrected chi connectivity index (χ2v) is 8.42. The molecule has 0 aromatic rings. The lowest BCUT2D eigenvalue weighted by atomic mass is 9.64. The van der Waals surface area contributed by atoms with Crippen molar-refractivity contribution >= 4 is 35.8 Å². The van der Waals surface area contributed by atoms with Crippen molar-refractivity contribution in [2.75, 3.05) is 52.4 Å². The number of carbonyl (C=O) groups excluding carboxylic acids is 1. The van der Waals surface area contributed by atoms with Crippen LogP contribution in [0.5, 0.6) is 0 Å². The van der Waals surface area contributed by atoms with Crippen LogP contribution in [-0.2, 0) is 4.79 Å². The van der Waals surface area contributed by atoms with Gasteiger partial charge in [0.1, 0.15) is 0 Å². The maximum Gasteiger partial charge on any atom is 0.219 e. The molecule has 2 aliphatic rings. The Morgan fingerprint density at radius 1 is 1.15 bits per heavy atom. The van der Waals surface area contributed by atoms with Crippen LogP contribution in [-0.4, -0.2) is 74.0 Å². The average molecular weight is 493 g/mol. The minimum atomic E-state index is 0. The van der Waals surface area contributed by atoms with Crippen molar-refractivity contribution in [1.82, 2.24) is 20.4 Å². The van der Waals surface area contributed by atoms with Crippen molar-refractivity contribution in [3.8, 4) is 0 Å². The number of hydrogen-bond acceptors (Lipinski definition) is 3. The van der Waals surface area contributed by atoms with Gasteiger partial charge in [-0.25, -0.2) is 0 Å². The molecule has 2 N–H and O–H groups in total. The molecular formula is C20H40IN5O. The quantitative estimate of drug-likeness (QED) is 0.310. The zero-order valence-corrected chi connectivity index (χ0v) is 20.1. The molecule has 2 fully saturated rings. The smallest absolute Gasteiger partial charge is 0.219 e. The van der Waals surface area contributed by atoms with Crippen molar-refractivity contribution in [3.63, 3.8) is 0 Å². The number of halogens is 1. The molecule has 27 heavy (non-hydrogen) atoms. The summed E-state index contributed by atoms with van der Waals surface area (Å²) in [4.78, 5) is 20.7. The highest BCUT2D eigenvalue weighted by molar-refractivity contribution is 14.0. The number of rotatable bonds is 8. The molecular weight excluding hydrogens is 453 g/mol. The summed E-state index contributed by atoms with van der Waals surface area (Å²) in [6.45, 7) is 15.8. The molecule has 2 rings (SSSR count). The van der Waals surface area contributed by atoms with Crippen LogP contribution in [0.15, 0.2) is 4.99 Å². The molecule has 0 bridgehead atoms. The minimum Gasteiger partial charge on any atom is -0.357 e. The molecule has 1 heterocycles. The lowest BCUT2D eigenvalue weighted by Gasteiger charge is -2.42. The summed E-state index contributed by atoms with van der Waals surface area (Å²) in [6.07, 6.45) is 5.30. The van der Waals surface area contributed by atoms with Gasteiger partial charge in [-0.1, -0.05) is 20.3 Å². The number of carbonyl (C=O) groups is 1. The number of nitrogens with one attached hydrogen (secondary N) is 2. The number of hydrogen-bond donors (Lipinski definition) is 2. The molecule has 6 nitrogen and oxygen atoms in total. The third-order valence-corrected chi connectivity index (χ3v) is 5.71. The Labute approximate surface area is 182 Å². The predicted octanol–water partition coefficient (Wildman–Crippen LogP) is 2.54. The van der Waals surface area contributed by atoms with E-state index < -0.39 is 0 Å². The third kappa shape index (κ3) is 8.13. The van der Waals surface area contributed by atoms with E-state index in [0.29, 0.717) is 5.41 Å². The van der Waals surface area contributed by atoms with Crippen LogP contribution in [0.1, 0.15) is 53.4 Å². The number of piperazine rings is 1. The van der Waals surface area contributed by atoms with E-state index in [2.05, 4.69) is 36.3 Å². The van der Waals surface area contributed by atoms with E-state index in [9.17, 15) is 4.79 Å². The third-order valence-electron chi connectivity index (χ3n) is 5.71. The summed E-state index contributed by atoms with van der Waals surface area (Å²) in [5.41, 5.74) is 0.444. The molecule has 158 valence electrons. The van der Waals surface area contributed by atoms with Crippen molar-refractivity contribution < 1.29 is 4.79 Å². The van der Waals surface area contributed by atoms with Gasteiger partial charge in [0.25, 0.3) is 0 Å². The first kappa shape index (κ1) is 24.5. The Hall–Kier alpha value is -0.570. The van der Waals surface area contributed by atoms with E-state index in [1.807, 2.05) is 4.90 Å². The molecule has 0 unspecified atom stereocenters. The van der Waals surface area contributed by atoms with Gasteiger partial charge in [0, 0.05) is 59.3 Å². The number of nitrogens with zero attached hydrogens (tertiary/aromatic N) is 3. The molecule has 0 atom stereocenters. The lowest BCUT2D eigenvalue weighted by Crippen LogP contribution is -2.50. The summed E-state index contributed by atoms with van der Waals surface area (Å²) in [5.74, 6) is 1.88. The molecule has 1 saturated carbocycles. The largest absolute Gasteiger partial charge is 0.357 e. The first-order valence-electron chi connectivity index (χ1n) is 10.4. The topological polar surface area (TPSA) is 60.0 Å². The zero-order valence-electron chi connectivity index (χ0n) is 17.7. The van der Waals surface area contributed by atoms with Crippen LogP contribution in [0.2, 0.25) is 0 Å². The maximum absolute atomic E-state index is 11.4. The summed E-state index contributed by atoms with van der Waals surface area (Å²) in [6, 6.07) is 0. The molecule has 0 spiro atoms. The van der Waals surface area contributed by atoms with Gasteiger partial charge >= 0.3 is 0 Å². The number of amides is 1. The second kappa shape index (κ2) is 12.1. The van der Waals surface area contributed by atoms with Crippen LogP contribution < -0.4 is 10.6 Å². The lowest BCUT2D eigenvalue weighted by molar-refractivity contribution is -0.130. The summed E-state index contributed by atoms with van der Waals surface area (Å²) in [5, 5.41) is 6.88. The molecule has 1 amide bonds. The summed E-state index contributed by atoms with van der Waals surface area (Å²) < 4.78 is 0. The highest BCUT2D eigenvalue weighted by Gasteiger charge is 2.37. The Morgan fingerprint density at radius 3 is 2.30 bits per heavy atom. The van der Waals surface area contributed by atoms with E-state index in [4.69, 9.17) is 4.99 Å². The fourth-order valence-electron chi connectivity index (χ4n) is 4.18. The normalized spacial score (nSPS) is 20.0. The zero-order chi connectivity index (χ0) is 19.0. The highest BCUT2D eigenvalue weighted by Crippen LogP contribution is 2.46. The minimum absolute atomic E-state index is 0. The van der Waals surface area contributed by atoms with Crippen molar-refractivity contribution in [3.05, 3.63) is 0 Å². The van der Waals surface area contributed by atoms with Gasteiger partial charge in [0.15, 0.2) is 5.96 Å². The van der Waals surface area contributed by atoms with Gasteiger partial charge in [-0.15, -0.1) is 24.0 Å². The average Bonchev–Trinajstić information content (AvgIpc) is 2.57. The predicted molar refractivity (Wildman–Crippen MR) is 124 cm³/mol. The standard InChI is InChI=1S/C20H39N5O.HI/c1-5-21-19(23-16-20(7-6-8-20)15-17(2)3)22-9-10-24-11-13-25(14-12-24)18(4)26;/h17H,5-16H2,1-4H3,(H2,21,22,23);1H. The fourth-order valence-corrected chi connectivity index (χ4v) is 4.18. The van der Waals surface area contributed by atoms with Gasteiger partial charge in [-0.2, -0.15) is 0 Å². The van der Waals surface area contributed by atoms with Gasteiger partial charge in [0.2, 0.25) is 5.91 Å². The molecule has 7 heteroatoms. The van der Waals surface area contributed by atoms with Crippen molar-refractivity contribution in [1.29, 1.82) is 0 Å². The van der Waals surface area contributed by atoms with Gasteiger partial charge in [-0.05, 0) is 37.5 Å². The van der Waals surface area contributed by atoms with Crippen LogP contribution >= 0.6 is 24.0 Å². The molecule has 0 aromatic heterocycles. The number of aliphatic imine (C=N–C) groups is 1. The first-order chi connectivity index (χ1) is 12.4. The molecule has 0 aromatic carbocycles. The van der Waals surface area contributed by atoms with Crippen LogP contribution in [0.25, 0.3) is 0 Å². The van der Waals surface area contributed by atoms with Crippen LogP contribution in [0, 0.1) is 11.3 Å². The van der Waals surface area contributed by atoms with E-state index in [0.717, 1.165) is 64.2 Å². The Bertz CT molecular complexity index is 471. The SMILES string of the molecule is CCNC(=NCC1(CC(C)C)CCC1)NCCN1CCN(C(C)=O)CC1.I. The second-order valence-electron chi connectivity index (χ2n) is 8.42. The first-order valence-corrected chi connectivity index (χ1v) is 10.4. The monoisotopic (exact) mass is 493 g/mol. The molecule has 1 aliphatic heterocycles.